The largest absolute Gasteiger partial charge is 0.314 e. The first-order valence-electron chi connectivity index (χ1n) is 7.39. The summed E-state index contributed by atoms with van der Waals surface area (Å²) in [5.74, 6) is -0.279. The maximum absolute atomic E-state index is 14.0. The van der Waals surface area contributed by atoms with Crippen LogP contribution in [0.3, 0.4) is 0 Å². The SMILES string of the molecule is CCCNC(CCc1cccs1)Cc1cccc(Cl)c1F. The average Bonchev–Trinajstić information content (AvgIpc) is 2.99. The van der Waals surface area contributed by atoms with Gasteiger partial charge < -0.3 is 5.32 Å². The van der Waals surface area contributed by atoms with Crippen molar-refractivity contribution in [3.05, 3.63) is 57.0 Å². The Hall–Kier alpha value is -0.900. The van der Waals surface area contributed by atoms with Gasteiger partial charge in [0.2, 0.25) is 0 Å². The van der Waals surface area contributed by atoms with E-state index in [0.717, 1.165) is 25.8 Å². The number of halogens is 2. The zero-order valence-corrected chi connectivity index (χ0v) is 13.8. The van der Waals surface area contributed by atoms with Crippen LogP contribution in [0.25, 0.3) is 0 Å². The molecule has 0 saturated carbocycles. The number of rotatable bonds is 8. The number of thiophene rings is 1. The van der Waals surface area contributed by atoms with E-state index >= 15 is 0 Å². The predicted octanol–water partition coefficient (Wildman–Crippen LogP) is 5.08. The van der Waals surface area contributed by atoms with Gasteiger partial charge in [0.25, 0.3) is 0 Å². The summed E-state index contributed by atoms with van der Waals surface area (Å²) >= 11 is 7.64. The second kappa shape index (κ2) is 8.52. The first-order chi connectivity index (χ1) is 10.2. The van der Waals surface area contributed by atoms with Crippen molar-refractivity contribution in [3.8, 4) is 0 Å². The molecule has 2 aromatic rings. The van der Waals surface area contributed by atoms with Gasteiger partial charge in [0.1, 0.15) is 5.82 Å². The van der Waals surface area contributed by atoms with Crippen LogP contribution < -0.4 is 5.32 Å². The second-order valence-electron chi connectivity index (χ2n) is 5.19. The molecule has 2 rings (SSSR count). The lowest BCUT2D eigenvalue weighted by Crippen LogP contribution is -2.32. The van der Waals surface area contributed by atoms with Crippen LogP contribution in [0.15, 0.2) is 35.7 Å². The molecule has 4 heteroatoms. The first kappa shape index (κ1) is 16.5. The molecule has 21 heavy (non-hydrogen) atoms. The molecule has 0 radical (unpaired) electrons. The van der Waals surface area contributed by atoms with E-state index in [9.17, 15) is 4.39 Å². The average molecular weight is 326 g/mol. The number of aryl methyl sites for hydroxylation is 1. The fourth-order valence-corrected chi connectivity index (χ4v) is 3.29. The highest BCUT2D eigenvalue weighted by molar-refractivity contribution is 7.09. The van der Waals surface area contributed by atoms with Gasteiger partial charge in [-0.2, -0.15) is 0 Å². The van der Waals surface area contributed by atoms with E-state index in [1.807, 2.05) is 12.1 Å². The summed E-state index contributed by atoms with van der Waals surface area (Å²) in [5.41, 5.74) is 0.697. The van der Waals surface area contributed by atoms with Crippen LogP contribution >= 0.6 is 22.9 Å². The summed E-state index contributed by atoms with van der Waals surface area (Å²) in [6, 6.07) is 9.75. The van der Waals surface area contributed by atoms with Gasteiger partial charge in [0.05, 0.1) is 5.02 Å². The Balaban J connectivity index is 1.99. The van der Waals surface area contributed by atoms with Crippen molar-refractivity contribution >= 4 is 22.9 Å². The molecule has 0 aliphatic heterocycles. The maximum Gasteiger partial charge on any atom is 0.145 e. The Bertz CT molecular complexity index is 542. The van der Waals surface area contributed by atoms with Gasteiger partial charge in [-0.3, -0.25) is 0 Å². The molecule has 0 amide bonds. The summed E-state index contributed by atoms with van der Waals surface area (Å²) in [6.45, 7) is 3.10. The van der Waals surface area contributed by atoms with Crippen LogP contribution in [0.4, 0.5) is 4.39 Å². The van der Waals surface area contributed by atoms with E-state index in [-0.39, 0.29) is 16.9 Å². The van der Waals surface area contributed by atoms with Crippen molar-refractivity contribution in [2.24, 2.45) is 0 Å². The molecule has 1 nitrogen and oxygen atoms in total. The van der Waals surface area contributed by atoms with Crippen LogP contribution in [0, 0.1) is 5.82 Å². The molecule has 0 aliphatic rings. The number of hydrogen-bond donors (Lipinski definition) is 1. The van der Waals surface area contributed by atoms with Crippen LogP contribution in [0.1, 0.15) is 30.2 Å². The Morgan fingerprint density at radius 1 is 1.29 bits per heavy atom. The van der Waals surface area contributed by atoms with Gasteiger partial charge in [0.15, 0.2) is 0 Å². The third-order valence-electron chi connectivity index (χ3n) is 3.50. The highest BCUT2D eigenvalue weighted by Gasteiger charge is 2.14. The number of hydrogen-bond acceptors (Lipinski definition) is 2. The van der Waals surface area contributed by atoms with Crippen molar-refractivity contribution in [2.75, 3.05) is 6.54 Å². The second-order valence-corrected chi connectivity index (χ2v) is 6.63. The standard InChI is InChI=1S/C17H21ClFNS/c1-2-10-20-14(8-9-15-6-4-11-21-15)12-13-5-3-7-16(18)17(13)19/h3-7,11,14,20H,2,8-10,12H2,1H3. The topological polar surface area (TPSA) is 12.0 Å². The summed E-state index contributed by atoms with van der Waals surface area (Å²) in [4.78, 5) is 1.38. The van der Waals surface area contributed by atoms with Gasteiger partial charge >= 0.3 is 0 Å². The molecule has 0 fully saturated rings. The lowest BCUT2D eigenvalue weighted by atomic mass is 10.0. The summed E-state index contributed by atoms with van der Waals surface area (Å²) in [7, 11) is 0. The van der Waals surface area contributed by atoms with Crippen molar-refractivity contribution in [1.29, 1.82) is 0 Å². The quantitative estimate of drug-likeness (QED) is 0.713. The van der Waals surface area contributed by atoms with E-state index < -0.39 is 0 Å². The first-order valence-corrected chi connectivity index (χ1v) is 8.65. The van der Waals surface area contributed by atoms with Crippen LogP contribution in [0.2, 0.25) is 5.02 Å². The van der Waals surface area contributed by atoms with Gasteiger partial charge in [0, 0.05) is 10.9 Å². The van der Waals surface area contributed by atoms with Crippen LogP contribution in [-0.2, 0) is 12.8 Å². The zero-order chi connectivity index (χ0) is 15.1. The highest BCUT2D eigenvalue weighted by Crippen LogP contribution is 2.20. The minimum absolute atomic E-state index is 0.208. The van der Waals surface area contributed by atoms with E-state index in [1.165, 1.54) is 4.88 Å². The molecule has 1 unspecified atom stereocenters. The van der Waals surface area contributed by atoms with Gasteiger partial charge in [-0.05, 0) is 55.3 Å². The lowest BCUT2D eigenvalue weighted by Gasteiger charge is -2.19. The smallest absolute Gasteiger partial charge is 0.145 e. The zero-order valence-electron chi connectivity index (χ0n) is 12.2. The van der Waals surface area contributed by atoms with E-state index in [0.29, 0.717) is 12.0 Å². The fourth-order valence-electron chi connectivity index (χ4n) is 2.37. The summed E-state index contributed by atoms with van der Waals surface area (Å²) in [6.07, 6.45) is 3.79. The lowest BCUT2D eigenvalue weighted by molar-refractivity contribution is 0.469. The third-order valence-corrected chi connectivity index (χ3v) is 4.73. The van der Waals surface area contributed by atoms with Crippen molar-refractivity contribution < 1.29 is 4.39 Å². The van der Waals surface area contributed by atoms with E-state index in [4.69, 9.17) is 11.6 Å². The molecule has 1 atom stereocenters. The summed E-state index contributed by atoms with van der Waals surface area (Å²) in [5, 5.41) is 5.83. The monoisotopic (exact) mass is 325 g/mol. The molecule has 0 spiro atoms. The minimum atomic E-state index is -0.279. The fraction of sp³-hybridized carbons (Fsp3) is 0.412. The Morgan fingerprint density at radius 3 is 2.86 bits per heavy atom. The molecule has 1 aromatic carbocycles. The molecule has 1 N–H and O–H groups in total. The molecule has 0 bridgehead atoms. The molecular formula is C17H21ClFNS. The molecule has 1 aromatic heterocycles. The van der Waals surface area contributed by atoms with Gasteiger partial charge in [-0.1, -0.05) is 36.7 Å². The molecule has 114 valence electrons. The maximum atomic E-state index is 14.0. The normalized spacial score (nSPS) is 12.5. The number of benzene rings is 1. The molecular weight excluding hydrogens is 305 g/mol. The van der Waals surface area contributed by atoms with Crippen LogP contribution in [-0.4, -0.2) is 12.6 Å². The molecule has 0 aliphatic carbocycles. The van der Waals surface area contributed by atoms with Crippen molar-refractivity contribution in [2.45, 2.75) is 38.6 Å². The Morgan fingerprint density at radius 2 is 2.14 bits per heavy atom. The molecule has 1 heterocycles. The third kappa shape index (κ3) is 5.10. The molecule has 0 saturated heterocycles. The highest BCUT2D eigenvalue weighted by atomic mass is 35.5. The van der Waals surface area contributed by atoms with Gasteiger partial charge in [-0.15, -0.1) is 11.3 Å². The number of nitrogens with one attached hydrogen (secondary N) is 1. The minimum Gasteiger partial charge on any atom is -0.314 e. The van der Waals surface area contributed by atoms with Crippen LogP contribution in [0.5, 0.6) is 0 Å². The van der Waals surface area contributed by atoms with E-state index in [2.05, 4.69) is 29.8 Å². The van der Waals surface area contributed by atoms with Crippen molar-refractivity contribution in [3.63, 3.8) is 0 Å². The van der Waals surface area contributed by atoms with E-state index in [1.54, 1.807) is 17.4 Å². The van der Waals surface area contributed by atoms with Gasteiger partial charge in [-0.25, -0.2) is 4.39 Å². The predicted molar refractivity (Wildman–Crippen MR) is 89.8 cm³/mol. The summed E-state index contributed by atoms with van der Waals surface area (Å²) < 4.78 is 14.0. The van der Waals surface area contributed by atoms with Crippen molar-refractivity contribution in [1.82, 2.24) is 5.32 Å². The Labute approximate surface area is 135 Å². The Kier molecular flexibility index (Phi) is 6.68.